The van der Waals surface area contributed by atoms with Crippen LogP contribution >= 0.6 is 12.2 Å². The SMILES string of the molecule is CCOc1ccc(NC(=S)N2CCn3cccc3[C@@H]2c2ccc(F)cc2)cc1. The van der Waals surface area contributed by atoms with Gasteiger partial charge in [-0.15, -0.1) is 0 Å². The Hall–Kier alpha value is -2.86. The van der Waals surface area contributed by atoms with Gasteiger partial charge < -0.3 is 19.5 Å². The minimum absolute atomic E-state index is 0.0629. The third kappa shape index (κ3) is 3.73. The standard InChI is InChI=1S/C22H22FN3OS/c1-2-27-19-11-9-18(10-12-19)24-22(28)26-15-14-25-13-3-4-20(25)21(26)16-5-7-17(23)8-6-16/h3-13,21H,2,14-15H2,1H3,(H,24,28)/t21-/m0/s1. The van der Waals surface area contributed by atoms with E-state index in [0.717, 1.165) is 35.8 Å². The molecule has 2 heterocycles. The number of nitrogens with zero attached hydrogens (tertiary/aromatic N) is 2. The van der Waals surface area contributed by atoms with Crippen LogP contribution in [0.2, 0.25) is 0 Å². The van der Waals surface area contributed by atoms with Crippen molar-refractivity contribution in [3.05, 3.63) is 83.9 Å². The van der Waals surface area contributed by atoms with Crippen LogP contribution in [0.1, 0.15) is 24.2 Å². The molecular weight excluding hydrogens is 373 g/mol. The fraction of sp³-hybridized carbons (Fsp3) is 0.227. The lowest BCUT2D eigenvalue weighted by Gasteiger charge is -2.39. The van der Waals surface area contributed by atoms with E-state index in [1.807, 2.05) is 49.4 Å². The Morgan fingerprint density at radius 1 is 1.11 bits per heavy atom. The first-order valence-electron chi connectivity index (χ1n) is 9.36. The smallest absolute Gasteiger partial charge is 0.174 e. The summed E-state index contributed by atoms with van der Waals surface area (Å²) in [6, 6.07) is 18.5. The van der Waals surface area contributed by atoms with Crippen molar-refractivity contribution in [3.63, 3.8) is 0 Å². The molecule has 0 amide bonds. The number of hydrogen-bond donors (Lipinski definition) is 1. The molecule has 4 rings (SSSR count). The molecule has 0 radical (unpaired) electrons. The molecule has 1 N–H and O–H groups in total. The van der Waals surface area contributed by atoms with Crippen molar-refractivity contribution in [2.75, 3.05) is 18.5 Å². The molecule has 0 saturated carbocycles. The topological polar surface area (TPSA) is 29.4 Å². The van der Waals surface area contributed by atoms with Gasteiger partial charge in [-0.25, -0.2) is 4.39 Å². The number of ether oxygens (including phenoxy) is 1. The summed E-state index contributed by atoms with van der Waals surface area (Å²) >= 11 is 5.75. The van der Waals surface area contributed by atoms with Gasteiger partial charge in [0.05, 0.1) is 12.6 Å². The van der Waals surface area contributed by atoms with Crippen LogP contribution in [-0.4, -0.2) is 27.7 Å². The summed E-state index contributed by atoms with van der Waals surface area (Å²) in [5.41, 5.74) is 3.07. The molecule has 0 bridgehead atoms. The summed E-state index contributed by atoms with van der Waals surface area (Å²) in [6.07, 6.45) is 2.08. The molecule has 1 aromatic heterocycles. The maximum Gasteiger partial charge on any atom is 0.174 e. The summed E-state index contributed by atoms with van der Waals surface area (Å²) < 4.78 is 21.2. The van der Waals surface area contributed by atoms with Gasteiger partial charge in [0.15, 0.2) is 5.11 Å². The highest BCUT2D eigenvalue weighted by molar-refractivity contribution is 7.80. The highest BCUT2D eigenvalue weighted by Gasteiger charge is 2.30. The largest absolute Gasteiger partial charge is 0.494 e. The average Bonchev–Trinajstić information content (AvgIpc) is 3.18. The van der Waals surface area contributed by atoms with E-state index >= 15 is 0 Å². The third-order valence-electron chi connectivity index (χ3n) is 4.90. The summed E-state index contributed by atoms with van der Waals surface area (Å²) in [5.74, 6) is 0.593. The van der Waals surface area contributed by atoms with Crippen LogP contribution in [0, 0.1) is 5.82 Å². The minimum Gasteiger partial charge on any atom is -0.494 e. The summed E-state index contributed by atoms with van der Waals surface area (Å²) in [5, 5.41) is 3.98. The Morgan fingerprint density at radius 3 is 2.57 bits per heavy atom. The molecule has 1 aliphatic heterocycles. The molecular formula is C22H22FN3OS. The molecule has 6 heteroatoms. The Labute approximate surface area is 169 Å². The molecule has 3 aromatic rings. The molecule has 1 atom stereocenters. The van der Waals surface area contributed by atoms with Crippen LogP contribution in [0.25, 0.3) is 0 Å². The zero-order chi connectivity index (χ0) is 19.5. The van der Waals surface area contributed by atoms with Gasteiger partial charge in [0.2, 0.25) is 0 Å². The lowest BCUT2D eigenvalue weighted by Crippen LogP contribution is -2.44. The van der Waals surface area contributed by atoms with Crippen LogP contribution in [0.5, 0.6) is 5.75 Å². The molecule has 1 aliphatic rings. The Morgan fingerprint density at radius 2 is 1.86 bits per heavy atom. The van der Waals surface area contributed by atoms with E-state index in [1.54, 1.807) is 0 Å². The number of nitrogens with one attached hydrogen (secondary N) is 1. The van der Waals surface area contributed by atoms with Gasteiger partial charge in [0, 0.05) is 30.7 Å². The van der Waals surface area contributed by atoms with E-state index in [1.165, 1.54) is 12.1 Å². The summed E-state index contributed by atoms with van der Waals surface area (Å²) in [7, 11) is 0. The number of thiocarbonyl (C=S) groups is 1. The molecule has 0 aliphatic carbocycles. The van der Waals surface area contributed by atoms with Crippen LogP contribution in [0.4, 0.5) is 10.1 Å². The normalized spacial score (nSPS) is 15.8. The molecule has 0 spiro atoms. The van der Waals surface area contributed by atoms with Crippen LogP contribution in [0.15, 0.2) is 66.9 Å². The highest BCUT2D eigenvalue weighted by atomic mass is 32.1. The van der Waals surface area contributed by atoms with Crippen molar-refractivity contribution < 1.29 is 9.13 Å². The predicted molar refractivity (Wildman–Crippen MR) is 113 cm³/mol. The lowest BCUT2D eigenvalue weighted by atomic mass is 10.0. The molecule has 4 nitrogen and oxygen atoms in total. The second kappa shape index (κ2) is 8.02. The molecule has 0 saturated heterocycles. The van der Waals surface area contributed by atoms with E-state index in [4.69, 9.17) is 17.0 Å². The van der Waals surface area contributed by atoms with Gasteiger partial charge in [-0.05, 0) is 73.2 Å². The lowest BCUT2D eigenvalue weighted by molar-refractivity contribution is 0.293. The van der Waals surface area contributed by atoms with Crippen molar-refractivity contribution in [1.29, 1.82) is 0 Å². The first-order valence-corrected chi connectivity index (χ1v) is 9.77. The highest BCUT2D eigenvalue weighted by Crippen LogP contribution is 2.33. The van der Waals surface area contributed by atoms with E-state index in [9.17, 15) is 4.39 Å². The molecule has 0 unspecified atom stereocenters. The van der Waals surface area contributed by atoms with Gasteiger partial charge in [0.25, 0.3) is 0 Å². The van der Waals surface area contributed by atoms with E-state index in [0.29, 0.717) is 11.7 Å². The number of aromatic nitrogens is 1. The Balaban J connectivity index is 1.59. The number of anilines is 1. The minimum atomic E-state index is -0.239. The zero-order valence-corrected chi connectivity index (χ0v) is 16.5. The van der Waals surface area contributed by atoms with E-state index in [-0.39, 0.29) is 11.9 Å². The Bertz CT molecular complexity index is 953. The van der Waals surface area contributed by atoms with Gasteiger partial charge in [0.1, 0.15) is 11.6 Å². The first-order chi connectivity index (χ1) is 13.7. The van der Waals surface area contributed by atoms with Gasteiger partial charge in [-0.1, -0.05) is 12.1 Å². The number of halogens is 1. The van der Waals surface area contributed by atoms with E-state index in [2.05, 4.69) is 27.0 Å². The number of benzene rings is 2. The number of rotatable bonds is 4. The third-order valence-corrected chi connectivity index (χ3v) is 5.24. The van der Waals surface area contributed by atoms with Crippen molar-refractivity contribution in [1.82, 2.24) is 9.47 Å². The van der Waals surface area contributed by atoms with Gasteiger partial charge >= 0.3 is 0 Å². The van der Waals surface area contributed by atoms with E-state index < -0.39 is 0 Å². The molecule has 28 heavy (non-hydrogen) atoms. The average molecular weight is 396 g/mol. The first kappa shape index (κ1) is 18.5. The second-order valence-electron chi connectivity index (χ2n) is 6.66. The van der Waals surface area contributed by atoms with Crippen molar-refractivity contribution >= 4 is 23.0 Å². The van der Waals surface area contributed by atoms with Crippen LogP contribution in [-0.2, 0) is 6.54 Å². The summed E-state index contributed by atoms with van der Waals surface area (Å²) in [4.78, 5) is 2.16. The van der Waals surface area contributed by atoms with Crippen molar-refractivity contribution in [3.8, 4) is 5.75 Å². The molecule has 2 aromatic carbocycles. The number of fused-ring (bicyclic) bond motifs is 1. The Kier molecular flexibility index (Phi) is 5.30. The quantitative estimate of drug-likeness (QED) is 0.641. The van der Waals surface area contributed by atoms with Crippen LogP contribution < -0.4 is 10.1 Å². The van der Waals surface area contributed by atoms with Crippen molar-refractivity contribution in [2.45, 2.75) is 19.5 Å². The molecule has 0 fully saturated rings. The summed E-state index contributed by atoms with van der Waals surface area (Å²) in [6.45, 7) is 4.22. The van der Waals surface area contributed by atoms with Gasteiger partial charge in [-0.2, -0.15) is 0 Å². The zero-order valence-electron chi connectivity index (χ0n) is 15.6. The maximum atomic E-state index is 13.5. The van der Waals surface area contributed by atoms with Gasteiger partial charge in [-0.3, -0.25) is 0 Å². The second-order valence-corrected chi connectivity index (χ2v) is 7.05. The number of hydrogen-bond acceptors (Lipinski definition) is 2. The maximum absolute atomic E-state index is 13.5. The monoisotopic (exact) mass is 395 g/mol. The van der Waals surface area contributed by atoms with Crippen molar-refractivity contribution in [2.24, 2.45) is 0 Å². The van der Waals surface area contributed by atoms with Crippen LogP contribution in [0.3, 0.4) is 0 Å². The predicted octanol–water partition coefficient (Wildman–Crippen LogP) is 4.83. The fourth-order valence-electron chi connectivity index (χ4n) is 3.59. The molecule has 144 valence electrons. The fourth-order valence-corrected chi connectivity index (χ4v) is 3.91.